The summed E-state index contributed by atoms with van der Waals surface area (Å²) in [7, 11) is 0. The molecule has 0 aromatic heterocycles. The van der Waals surface area contributed by atoms with E-state index in [1.165, 1.54) is 4.90 Å². The van der Waals surface area contributed by atoms with Gasteiger partial charge in [0.2, 0.25) is 23.6 Å². The third-order valence-corrected chi connectivity index (χ3v) is 6.01. The Morgan fingerprint density at radius 3 is 2.31 bits per heavy atom. The summed E-state index contributed by atoms with van der Waals surface area (Å²) in [6.07, 6.45) is 1.02. The molecule has 1 aromatic carbocycles. The zero-order chi connectivity index (χ0) is 26.1. The molecule has 4 atom stereocenters. The molecule has 0 spiro atoms. The number of primary amides is 1. The lowest BCUT2D eigenvalue weighted by Crippen LogP contribution is -2.59. The maximum atomic E-state index is 13.3. The van der Waals surface area contributed by atoms with Crippen LogP contribution in [0.15, 0.2) is 30.3 Å². The molecule has 35 heavy (non-hydrogen) atoms. The summed E-state index contributed by atoms with van der Waals surface area (Å²) >= 11 is 0. The highest BCUT2D eigenvalue weighted by Crippen LogP contribution is 2.20. The molecule has 11 nitrogen and oxygen atoms in total. The summed E-state index contributed by atoms with van der Waals surface area (Å²) in [5.74, 6) is -3.69. The molecule has 0 bridgehead atoms. The molecule has 192 valence electrons. The minimum atomic E-state index is -1.08. The van der Waals surface area contributed by atoms with E-state index >= 15 is 0 Å². The fraction of sp³-hybridized carbons (Fsp3) is 0.542. The largest absolute Gasteiger partial charge is 0.480 e. The van der Waals surface area contributed by atoms with E-state index in [9.17, 15) is 29.1 Å². The minimum Gasteiger partial charge on any atom is -0.480 e. The van der Waals surface area contributed by atoms with E-state index in [1.807, 2.05) is 6.07 Å². The van der Waals surface area contributed by atoms with Crippen LogP contribution in [0.2, 0.25) is 0 Å². The minimum absolute atomic E-state index is 0.0273. The number of nitrogens with two attached hydrogens (primary N) is 2. The Bertz CT molecular complexity index is 922. The molecule has 0 aliphatic carbocycles. The molecule has 4 amide bonds. The van der Waals surface area contributed by atoms with E-state index in [0.717, 1.165) is 5.56 Å². The number of aliphatic carboxylic acids is 1. The number of carbonyl (C=O) groups is 5. The lowest BCUT2D eigenvalue weighted by atomic mass is 9.99. The van der Waals surface area contributed by atoms with Crippen LogP contribution in [0.1, 0.15) is 45.1 Å². The van der Waals surface area contributed by atoms with Gasteiger partial charge in [0.1, 0.15) is 18.1 Å². The van der Waals surface area contributed by atoms with E-state index in [1.54, 1.807) is 38.1 Å². The second-order valence-electron chi connectivity index (χ2n) is 9.12. The molecular weight excluding hydrogens is 454 g/mol. The van der Waals surface area contributed by atoms with Crippen molar-refractivity contribution < 1.29 is 29.1 Å². The molecule has 1 fully saturated rings. The van der Waals surface area contributed by atoms with Gasteiger partial charge in [0, 0.05) is 19.4 Å². The van der Waals surface area contributed by atoms with Gasteiger partial charge in [0.05, 0.1) is 6.04 Å². The fourth-order valence-electron chi connectivity index (χ4n) is 4.00. The molecule has 1 heterocycles. The molecule has 1 aliphatic rings. The number of carbonyl (C=O) groups excluding carboxylic acids is 4. The maximum absolute atomic E-state index is 13.3. The van der Waals surface area contributed by atoms with Gasteiger partial charge < -0.3 is 32.1 Å². The Hall–Kier alpha value is -3.47. The van der Waals surface area contributed by atoms with E-state index in [2.05, 4.69) is 10.6 Å². The van der Waals surface area contributed by atoms with Crippen LogP contribution in [-0.2, 0) is 30.4 Å². The topological polar surface area (TPSA) is 185 Å². The van der Waals surface area contributed by atoms with Gasteiger partial charge in [-0.2, -0.15) is 0 Å². The highest BCUT2D eigenvalue weighted by atomic mass is 16.4. The number of hydrogen-bond acceptors (Lipinski definition) is 6. The Labute approximate surface area is 204 Å². The first-order valence-electron chi connectivity index (χ1n) is 11.7. The van der Waals surface area contributed by atoms with Crippen molar-refractivity contribution in [2.45, 2.75) is 70.1 Å². The molecule has 2 rings (SSSR count). The number of rotatable bonds is 12. The van der Waals surface area contributed by atoms with Crippen molar-refractivity contribution in [2.75, 3.05) is 6.54 Å². The number of likely N-dealkylation sites (tertiary alicyclic amines) is 1. The van der Waals surface area contributed by atoms with Crippen LogP contribution in [0, 0.1) is 5.92 Å². The molecule has 0 saturated carbocycles. The first-order chi connectivity index (χ1) is 16.5. The van der Waals surface area contributed by atoms with Crippen LogP contribution in [-0.4, -0.2) is 70.3 Å². The Kier molecular flexibility index (Phi) is 10.2. The van der Waals surface area contributed by atoms with Crippen LogP contribution in [0.4, 0.5) is 0 Å². The zero-order valence-electron chi connectivity index (χ0n) is 20.1. The predicted octanol–water partition coefficient (Wildman–Crippen LogP) is -0.477. The Balaban J connectivity index is 2.19. The zero-order valence-corrected chi connectivity index (χ0v) is 20.1. The third kappa shape index (κ3) is 8.06. The number of nitrogens with zero attached hydrogens (tertiary/aromatic N) is 1. The number of carboxylic acid groups (broad SMARTS) is 1. The molecule has 1 aromatic rings. The van der Waals surface area contributed by atoms with Crippen molar-refractivity contribution in [2.24, 2.45) is 17.4 Å². The van der Waals surface area contributed by atoms with Crippen molar-refractivity contribution in [1.82, 2.24) is 15.5 Å². The van der Waals surface area contributed by atoms with Crippen LogP contribution in [0.25, 0.3) is 0 Å². The van der Waals surface area contributed by atoms with Crippen molar-refractivity contribution in [1.29, 1.82) is 0 Å². The number of amides is 4. The summed E-state index contributed by atoms with van der Waals surface area (Å²) in [4.78, 5) is 63.0. The number of nitrogens with one attached hydrogen (secondary N) is 2. The smallest absolute Gasteiger partial charge is 0.326 e. The second kappa shape index (κ2) is 12.8. The van der Waals surface area contributed by atoms with Crippen molar-refractivity contribution in [3.8, 4) is 0 Å². The first kappa shape index (κ1) is 27.8. The summed E-state index contributed by atoms with van der Waals surface area (Å²) < 4.78 is 0. The highest BCUT2D eigenvalue weighted by Gasteiger charge is 2.39. The fourth-order valence-corrected chi connectivity index (χ4v) is 4.00. The van der Waals surface area contributed by atoms with Gasteiger partial charge in [-0.25, -0.2) is 4.79 Å². The van der Waals surface area contributed by atoms with E-state index in [0.29, 0.717) is 19.4 Å². The molecule has 11 heteroatoms. The summed E-state index contributed by atoms with van der Waals surface area (Å²) in [6.45, 7) is 3.80. The van der Waals surface area contributed by atoms with Crippen LogP contribution < -0.4 is 22.1 Å². The van der Waals surface area contributed by atoms with Gasteiger partial charge in [-0.3, -0.25) is 19.2 Å². The van der Waals surface area contributed by atoms with Crippen LogP contribution in [0.5, 0.6) is 0 Å². The van der Waals surface area contributed by atoms with Crippen molar-refractivity contribution in [3.05, 3.63) is 35.9 Å². The SMILES string of the molecule is CC(C)C(NC(=O)C(Cc1ccccc1)NC(=O)C(N)CCC(N)=O)C(=O)N1CCCC1C(=O)O. The summed E-state index contributed by atoms with van der Waals surface area (Å²) in [6, 6.07) is 5.02. The molecule has 7 N–H and O–H groups in total. The maximum Gasteiger partial charge on any atom is 0.326 e. The molecule has 1 saturated heterocycles. The predicted molar refractivity (Wildman–Crippen MR) is 128 cm³/mol. The van der Waals surface area contributed by atoms with E-state index < -0.39 is 53.8 Å². The average molecular weight is 490 g/mol. The number of benzene rings is 1. The van der Waals surface area contributed by atoms with Crippen molar-refractivity contribution in [3.63, 3.8) is 0 Å². The summed E-state index contributed by atoms with van der Waals surface area (Å²) in [5, 5.41) is 14.8. The van der Waals surface area contributed by atoms with Gasteiger partial charge in [-0.05, 0) is 30.7 Å². The summed E-state index contributed by atoms with van der Waals surface area (Å²) in [5.41, 5.74) is 11.8. The third-order valence-electron chi connectivity index (χ3n) is 6.01. The normalized spacial score (nSPS) is 17.9. The average Bonchev–Trinajstić information content (AvgIpc) is 3.30. The molecule has 4 unspecified atom stereocenters. The van der Waals surface area contributed by atoms with Crippen LogP contribution in [0.3, 0.4) is 0 Å². The molecular formula is C24H35N5O6. The van der Waals surface area contributed by atoms with E-state index in [-0.39, 0.29) is 25.2 Å². The lowest BCUT2D eigenvalue weighted by Gasteiger charge is -2.31. The highest BCUT2D eigenvalue weighted by molar-refractivity contribution is 5.94. The Morgan fingerprint density at radius 2 is 1.74 bits per heavy atom. The van der Waals surface area contributed by atoms with Gasteiger partial charge in [0.25, 0.3) is 0 Å². The monoisotopic (exact) mass is 489 g/mol. The van der Waals surface area contributed by atoms with Crippen molar-refractivity contribution >= 4 is 29.6 Å². The molecule has 0 radical (unpaired) electrons. The van der Waals surface area contributed by atoms with Gasteiger partial charge in [-0.1, -0.05) is 44.2 Å². The quantitative estimate of drug-likeness (QED) is 0.262. The first-order valence-corrected chi connectivity index (χ1v) is 11.7. The van der Waals surface area contributed by atoms with Gasteiger partial charge in [0.15, 0.2) is 0 Å². The number of hydrogen-bond donors (Lipinski definition) is 5. The lowest BCUT2D eigenvalue weighted by molar-refractivity contribution is -0.150. The standard InChI is InChI=1S/C24H35N5O6/c1-14(2)20(23(33)29-12-6-9-18(29)24(34)35)28-22(32)17(13-15-7-4-3-5-8-15)27-21(31)16(25)10-11-19(26)30/h3-5,7-8,14,16-18,20H,6,9-13,25H2,1-2H3,(H2,26,30)(H,27,31)(H,28,32)(H,34,35). The van der Waals surface area contributed by atoms with E-state index in [4.69, 9.17) is 11.5 Å². The Morgan fingerprint density at radius 1 is 1.09 bits per heavy atom. The second-order valence-corrected chi connectivity index (χ2v) is 9.12. The molecule has 1 aliphatic heterocycles. The van der Waals surface area contributed by atoms with Crippen LogP contribution >= 0.6 is 0 Å². The van der Waals surface area contributed by atoms with Gasteiger partial charge >= 0.3 is 5.97 Å². The van der Waals surface area contributed by atoms with Gasteiger partial charge in [-0.15, -0.1) is 0 Å². The number of carboxylic acids is 1.